The van der Waals surface area contributed by atoms with Gasteiger partial charge in [-0.1, -0.05) is 0 Å². The van der Waals surface area contributed by atoms with Crippen LogP contribution in [-0.4, -0.2) is 24.1 Å². The summed E-state index contributed by atoms with van der Waals surface area (Å²) in [5.74, 6) is 0.521. The fourth-order valence-corrected chi connectivity index (χ4v) is 2.17. The Labute approximate surface area is 107 Å². The predicted molar refractivity (Wildman–Crippen MR) is 67.3 cm³/mol. The topological polar surface area (TPSA) is 64.4 Å². The molecule has 1 aliphatic heterocycles. The van der Waals surface area contributed by atoms with E-state index in [0.717, 1.165) is 23.9 Å². The summed E-state index contributed by atoms with van der Waals surface area (Å²) >= 11 is 3.32. The monoisotopic (exact) mass is 300 g/mol. The molecular weight excluding hydrogens is 288 g/mol. The van der Waals surface area contributed by atoms with Crippen LogP contribution in [0.3, 0.4) is 0 Å². The van der Waals surface area contributed by atoms with Crippen LogP contribution in [0.15, 0.2) is 22.7 Å². The van der Waals surface area contributed by atoms with Crippen LogP contribution < -0.4 is 10.1 Å². The minimum atomic E-state index is -0.423. The molecule has 1 saturated heterocycles. The van der Waals surface area contributed by atoms with Gasteiger partial charge in [0.15, 0.2) is 0 Å². The van der Waals surface area contributed by atoms with Crippen molar-refractivity contribution in [3.63, 3.8) is 0 Å². The lowest BCUT2D eigenvalue weighted by Crippen LogP contribution is -2.28. The van der Waals surface area contributed by atoms with Gasteiger partial charge in [0, 0.05) is 12.1 Å². The second-order valence-electron chi connectivity index (χ2n) is 3.98. The number of nitrogens with zero attached hydrogens (tertiary/aromatic N) is 1. The standard InChI is InChI=1S/C11H13BrN2O3/c12-10-4-3-9(14(15)16)6-11(10)17-7-8-2-1-5-13-8/h3-4,6,8,13H,1-2,5,7H2/t8-/m1/s1. The van der Waals surface area contributed by atoms with Crippen LogP contribution in [-0.2, 0) is 0 Å². The molecule has 1 aromatic rings. The largest absolute Gasteiger partial charge is 0.491 e. The third-order valence-electron chi connectivity index (χ3n) is 2.73. The summed E-state index contributed by atoms with van der Waals surface area (Å²) in [4.78, 5) is 10.2. The van der Waals surface area contributed by atoms with Gasteiger partial charge in [-0.15, -0.1) is 0 Å². The van der Waals surface area contributed by atoms with E-state index >= 15 is 0 Å². The highest BCUT2D eigenvalue weighted by Gasteiger charge is 2.16. The van der Waals surface area contributed by atoms with E-state index < -0.39 is 4.92 Å². The van der Waals surface area contributed by atoms with Crippen LogP contribution in [0.2, 0.25) is 0 Å². The van der Waals surface area contributed by atoms with Crippen molar-refractivity contribution in [3.05, 3.63) is 32.8 Å². The van der Waals surface area contributed by atoms with Crippen molar-refractivity contribution in [1.82, 2.24) is 5.32 Å². The van der Waals surface area contributed by atoms with Gasteiger partial charge in [0.2, 0.25) is 0 Å². The molecule has 6 heteroatoms. The Morgan fingerprint density at radius 3 is 3.06 bits per heavy atom. The number of nitro groups is 1. The second kappa shape index (κ2) is 5.46. The molecule has 0 unspecified atom stereocenters. The maximum Gasteiger partial charge on any atom is 0.273 e. The molecular formula is C11H13BrN2O3. The molecule has 0 amide bonds. The van der Waals surface area contributed by atoms with Gasteiger partial charge < -0.3 is 10.1 Å². The SMILES string of the molecule is O=[N+]([O-])c1ccc(Br)c(OC[C@H]2CCCN2)c1. The lowest BCUT2D eigenvalue weighted by atomic mass is 10.2. The average molecular weight is 301 g/mol. The van der Waals surface area contributed by atoms with Crippen LogP contribution in [0.4, 0.5) is 5.69 Å². The molecule has 0 saturated carbocycles. The molecule has 17 heavy (non-hydrogen) atoms. The number of nitro benzene ring substituents is 1. The molecule has 1 N–H and O–H groups in total. The van der Waals surface area contributed by atoms with E-state index in [9.17, 15) is 10.1 Å². The van der Waals surface area contributed by atoms with Crippen molar-refractivity contribution >= 4 is 21.6 Å². The van der Waals surface area contributed by atoms with Crippen LogP contribution >= 0.6 is 15.9 Å². The Bertz CT molecular complexity index is 419. The van der Waals surface area contributed by atoms with Crippen molar-refractivity contribution in [2.45, 2.75) is 18.9 Å². The minimum Gasteiger partial charge on any atom is -0.491 e. The van der Waals surface area contributed by atoms with Gasteiger partial charge >= 0.3 is 0 Å². The molecule has 0 aliphatic carbocycles. The first kappa shape index (κ1) is 12.3. The number of hydrogen-bond donors (Lipinski definition) is 1. The zero-order chi connectivity index (χ0) is 12.3. The van der Waals surface area contributed by atoms with Gasteiger partial charge in [-0.2, -0.15) is 0 Å². The van der Waals surface area contributed by atoms with Gasteiger partial charge in [-0.25, -0.2) is 0 Å². The van der Waals surface area contributed by atoms with E-state index in [1.807, 2.05) is 0 Å². The Morgan fingerprint density at radius 1 is 1.59 bits per heavy atom. The van der Waals surface area contributed by atoms with Gasteiger partial charge in [0.1, 0.15) is 12.4 Å². The highest BCUT2D eigenvalue weighted by atomic mass is 79.9. The Balaban J connectivity index is 2.03. The molecule has 2 rings (SSSR count). The summed E-state index contributed by atoms with van der Waals surface area (Å²) in [5, 5.41) is 14.0. The first-order valence-electron chi connectivity index (χ1n) is 5.47. The van der Waals surface area contributed by atoms with Crippen LogP contribution in [0.25, 0.3) is 0 Å². The third kappa shape index (κ3) is 3.17. The first-order chi connectivity index (χ1) is 8.16. The van der Waals surface area contributed by atoms with E-state index in [1.165, 1.54) is 12.1 Å². The number of halogens is 1. The third-order valence-corrected chi connectivity index (χ3v) is 3.38. The fraction of sp³-hybridized carbons (Fsp3) is 0.455. The summed E-state index contributed by atoms with van der Waals surface area (Å²) < 4.78 is 6.33. The van der Waals surface area contributed by atoms with E-state index in [0.29, 0.717) is 18.4 Å². The van der Waals surface area contributed by atoms with Crippen LogP contribution in [0.5, 0.6) is 5.75 Å². The van der Waals surface area contributed by atoms with Crippen molar-refractivity contribution in [2.24, 2.45) is 0 Å². The molecule has 1 fully saturated rings. The molecule has 0 bridgehead atoms. The summed E-state index contributed by atoms with van der Waals surface area (Å²) in [7, 11) is 0. The van der Waals surface area contributed by atoms with E-state index in [2.05, 4.69) is 21.2 Å². The number of nitrogens with one attached hydrogen (secondary N) is 1. The van der Waals surface area contributed by atoms with Crippen molar-refractivity contribution in [1.29, 1.82) is 0 Å². The maximum absolute atomic E-state index is 10.6. The lowest BCUT2D eigenvalue weighted by Gasteiger charge is -2.12. The molecule has 1 aliphatic rings. The normalized spacial score (nSPS) is 19.2. The molecule has 1 atom stereocenters. The molecule has 0 radical (unpaired) electrons. The molecule has 5 nitrogen and oxygen atoms in total. The Morgan fingerprint density at radius 2 is 2.41 bits per heavy atom. The summed E-state index contributed by atoms with van der Waals surface area (Å²) in [6.45, 7) is 1.56. The molecule has 1 aromatic carbocycles. The predicted octanol–water partition coefficient (Wildman–Crippen LogP) is 2.49. The fourth-order valence-electron chi connectivity index (χ4n) is 1.81. The number of rotatable bonds is 4. The summed E-state index contributed by atoms with van der Waals surface area (Å²) in [6.07, 6.45) is 2.25. The van der Waals surface area contributed by atoms with Gasteiger partial charge in [0.25, 0.3) is 5.69 Å². The average Bonchev–Trinajstić information content (AvgIpc) is 2.80. The number of benzene rings is 1. The zero-order valence-electron chi connectivity index (χ0n) is 9.19. The molecule has 92 valence electrons. The van der Waals surface area contributed by atoms with Gasteiger partial charge in [-0.05, 0) is 41.4 Å². The molecule has 1 heterocycles. The Hall–Kier alpha value is -1.14. The first-order valence-corrected chi connectivity index (χ1v) is 6.26. The number of ether oxygens (including phenoxy) is 1. The summed E-state index contributed by atoms with van der Waals surface area (Å²) in [5.41, 5.74) is 0.0441. The number of hydrogen-bond acceptors (Lipinski definition) is 4. The van der Waals surface area contributed by atoms with Crippen molar-refractivity contribution in [3.8, 4) is 5.75 Å². The van der Waals surface area contributed by atoms with Gasteiger partial charge in [-0.3, -0.25) is 10.1 Å². The van der Waals surface area contributed by atoms with Gasteiger partial charge in [0.05, 0.1) is 15.5 Å². The van der Waals surface area contributed by atoms with Crippen LogP contribution in [0.1, 0.15) is 12.8 Å². The second-order valence-corrected chi connectivity index (χ2v) is 4.83. The highest BCUT2D eigenvalue weighted by Crippen LogP contribution is 2.29. The quantitative estimate of drug-likeness (QED) is 0.685. The van der Waals surface area contributed by atoms with Crippen molar-refractivity contribution in [2.75, 3.05) is 13.2 Å². The maximum atomic E-state index is 10.6. The highest BCUT2D eigenvalue weighted by molar-refractivity contribution is 9.10. The Kier molecular flexibility index (Phi) is 3.96. The minimum absolute atomic E-state index is 0.0441. The molecule has 0 spiro atoms. The van der Waals surface area contributed by atoms with E-state index in [-0.39, 0.29) is 5.69 Å². The van der Waals surface area contributed by atoms with E-state index in [1.54, 1.807) is 6.07 Å². The smallest absolute Gasteiger partial charge is 0.273 e. The zero-order valence-corrected chi connectivity index (χ0v) is 10.8. The van der Waals surface area contributed by atoms with Crippen molar-refractivity contribution < 1.29 is 9.66 Å². The summed E-state index contributed by atoms with van der Waals surface area (Å²) in [6, 6.07) is 4.88. The molecule has 0 aromatic heterocycles. The lowest BCUT2D eigenvalue weighted by molar-refractivity contribution is -0.385. The number of non-ortho nitro benzene ring substituents is 1. The van der Waals surface area contributed by atoms with E-state index in [4.69, 9.17) is 4.74 Å². The van der Waals surface area contributed by atoms with Crippen LogP contribution in [0, 0.1) is 10.1 Å².